The summed E-state index contributed by atoms with van der Waals surface area (Å²) in [6.07, 6.45) is 0.803. The van der Waals surface area contributed by atoms with Crippen molar-refractivity contribution in [1.82, 2.24) is 10.2 Å². The van der Waals surface area contributed by atoms with Gasteiger partial charge in [0.25, 0.3) is 0 Å². The van der Waals surface area contributed by atoms with Gasteiger partial charge >= 0.3 is 0 Å². The third kappa shape index (κ3) is 6.05. The van der Waals surface area contributed by atoms with Crippen molar-refractivity contribution in [3.8, 4) is 6.07 Å². The molecule has 5 nitrogen and oxygen atoms in total. The Labute approximate surface area is 91.0 Å². The number of hydrogen-bond acceptors (Lipinski definition) is 4. The molecule has 0 radical (unpaired) electrons. The molecular weight excluding hydrogens is 194 g/mol. The van der Waals surface area contributed by atoms with Crippen LogP contribution in [0.2, 0.25) is 0 Å². The average molecular weight is 213 g/mol. The maximum Gasteiger partial charge on any atom is 0.237 e. The molecule has 1 unspecified atom stereocenters. The van der Waals surface area contributed by atoms with Gasteiger partial charge in [-0.3, -0.25) is 9.69 Å². The summed E-state index contributed by atoms with van der Waals surface area (Å²) in [4.78, 5) is 13.2. The highest BCUT2D eigenvalue weighted by Gasteiger charge is 2.16. The van der Waals surface area contributed by atoms with Gasteiger partial charge in [-0.1, -0.05) is 0 Å². The van der Waals surface area contributed by atoms with Gasteiger partial charge < -0.3 is 10.1 Å². The van der Waals surface area contributed by atoms with Gasteiger partial charge in [-0.25, -0.2) is 0 Å². The lowest BCUT2D eigenvalue weighted by atomic mass is 10.2. The lowest BCUT2D eigenvalue weighted by molar-refractivity contribution is -0.125. The van der Waals surface area contributed by atoms with Crippen LogP contribution in [-0.4, -0.2) is 50.7 Å². The predicted molar refractivity (Wildman–Crippen MR) is 57.2 cm³/mol. The number of nitrogens with one attached hydrogen (secondary N) is 1. The number of amides is 1. The first-order valence-electron chi connectivity index (χ1n) is 4.97. The van der Waals surface area contributed by atoms with Gasteiger partial charge in [0.15, 0.2) is 0 Å². The lowest BCUT2D eigenvalue weighted by Crippen LogP contribution is -2.43. The normalized spacial score (nSPS) is 12.2. The molecule has 0 aliphatic carbocycles. The van der Waals surface area contributed by atoms with Crippen LogP contribution in [0.15, 0.2) is 0 Å². The molecule has 0 aromatic carbocycles. The Hall–Kier alpha value is -1.12. The smallest absolute Gasteiger partial charge is 0.237 e. The molecule has 1 N–H and O–H groups in total. The number of nitrogens with zero attached hydrogens (tertiary/aromatic N) is 2. The van der Waals surface area contributed by atoms with E-state index in [2.05, 4.69) is 5.32 Å². The van der Waals surface area contributed by atoms with E-state index in [4.69, 9.17) is 10.00 Å². The van der Waals surface area contributed by atoms with Gasteiger partial charge in [0, 0.05) is 20.3 Å². The molecule has 0 bridgehead atoms. The molecule has 0 aromatic heterocycles. The van der Waals surface area contributed by atoms with Crippen molar-refractivity contribution in [2.45, 2.75) is 19.4 Å². The van der Waals surface area contributed by atoms with Crippen molar-refractivity contribution in [3.05, 3.63) is 0 Å². The first-order valence-corrected chi connectivity index (χ1v) is 4.97. The Morgan fingerprint density at radius 2 is 2.33 bits per heavy atom. The highest BCUT2D eigenvalue weighted by molar-refractivity contribution is 5.81. The Morgan fingerprint density at radius 3 is 2.87 bits per heavy atom. The van der Waals surface area contributed by atoms with E-state index in [0.717, 1.165) is 6.42 Å². The highest BCUT2D eigenvalue weighted by Crippen LogP contribution is 1.94. The van der Waals surface area contributed by atoms with Crippen LogP contribution in [0.1, 0.15) is 13.3 Å². The molecule has 0 heterocycles. The molecule has 5 heteroatoms. The molecule has 0 aliphatic heterocycles. The maximum atomic E-state index is 11.5. The third-order valence-electron chi connectivity index (χ3n) is 2.19. The Bertz CT molecular complexity index is 225. The largest absolute Gasteiger partial charge is 0.385 e. The first kappa shape index (κ1) is 13.9. The van der Waals surface area contributed by atoms with Crippen LogP contribution in [-0.2, 0) is 9.53 Å². The fourth-order valence-corrected chi connectivity index (χ4v) is 1.02. The van der Waals surface area contributed by atoms with Crippen LogP contribution in [0, 0.1) is 11.3 Å². The molecule has 0 spiro atoms. The number of ether oxygens (including phenoxy) is 1. The predicted octanol–water partition coefficient (Wildman–Crippen LogP) is -0.0170. The van der Waals surface area contributed by atoms with Crippen molar-refractivity contribution >= 4 is 5.91 Å². The van der Waals surface area contributed by atoms with Crippen molar-refractivity contribution in [2.24, 2.45) is 0 Å². The van der Waals surface area contributed by atoms with E-state index in [1.54, 1.807) is 26.0 Å². The van der Waals surface area contributed by atoms with Crippen LogP contribution in [0.3, 0.4) is 0 Å². The standard InChI is InChI=1S/C10H19N3O2/c1-9(13(2)7-5-11)10(14)12-6-4-8-15-3/h9H,4,6-8H2,1-3H3,(H,12,14). The second kappa shape index (κ2) is 8.21. The summed E-state index contributed by atoms with van der Waals surface area (Å²) in [5.41, 5.74) is 0. The van der Waals surface area contributed by atoms with Crippen molar-refractivity contribution in [1.29, 1.82) is 5.26 Å². The summed E-state index contributed by atoms with van der Waals surface area (Å²) in [6, 6.07) is 1.73. The van der Waals surface area contributed by atoms with Crippen LogP contribution in [0.5, 0.6) is 0 Å². The van der Waals surface area contributed by atoms with E-state index in [1.165, 1.54) is 0 Å². The van der Waals surface area contributed by atoms with Gasteiger partial charge in [-0.2, -0.15) is 5.26 Å². The molecular formula is C10H19N3O2. The van der Waals surface area contributed by atoms with E-state index in [1.807, 2.05) is 6.07 Å². The zero-order valence-electron chi connectivity index (χ0n) is 9.62. The zero-order chi connectivity index (χ0) is 11.7. The van der Waals surface area contributed by atoms with Gasteiger partial charge in [0.1, 0.15) is 0 Å². The number of hydrogen-bond donors (Lipinski definition) is 1. The monoisotopic (exact) mass is 213 g/mol. The third-order valence-corrected chi connectivity index (χ3v) is 2.19. The zero-order valence-corrected chi connectivity index (χ0v) is 9.62. The van der Waals surface area contributed by atoms with Crippen LogP contribution >= 0.6 is 0 Å². The molecule has 0 aromatic rings. The summed E-state index contributed by atoms with van der Waals surface area (Å²) >= 11 is 0. The minimum Gasteiger partial charge on any atom is -0.385 e. The minimum atomic E-state index is -0.271. The average Bonchev–Trinajstić information content (AvgIpc) is 2.23. The summed E-state index contributed by atoms with van der Waals surface area (Å²) in [5, 5.41) is 11.3. The topological polar surface area (TPSA) is 65.4 Å². The van der Waals surface area contributed by atoms with Gasteiger partial charge in [0.2, 0.25) is 5.91 Å². The second-order valence-corrected chi connectivity index (χ2v) is 3.39. The fraction of sp³-hybridized carbons (Fsp3) is 0.800. The number of nitriles is 1. The van der Waals surface area contributed by atoms with Gasteiger partial charge in [-0.15, -0.1) is 0 Å². The van der Waals surface area contributed by atoms with Gasteiger partial charge in [-0.05, 0) is 20.4 Å². The number of rotatable bonds is 7. The molecule has 0 fully saturated rings. The Balaban J connectivity index is 3.74. The molecule has 1 atom stereocenters. The summed E-state index contributed by atoms with van der Waals surface area (Å²) in [7, 11) is 3.38. The first-order chi connectivity index (χ1) is 7.13. The SMILES string of the molecule is COCCCNC(=O)C(C)N(C)CC#N. The Kier molecular flexibility index (Phi) is 7.60. The fourth-order valence-electron chi connectivity index (χ4n) is 1.02. The molecule has 15 heavy (non-hydrogen) atoms. The van der Waals surface area contributed by atoms with Crippen molar-refractivity contribution < 1.29 is 9.53 Å². The van der Waals surface area contributed by atoms with E-state index in [-0.39, 0.29) is 18.5 Å². The molecule has 0 saturated heterocycles. The maximum absolute atomic E-state index is 11.5. The molecule has 0 rings (SSSR count). The molecule has 86 valence electrons. The lowest BCUT2D eigenvalue weighted by Gasteiger charge is -2.20. The summed E-state index contributed by atoms with van der Waals surface area (Å²) in [6.45, 7) is 3.29. The number of likely N-dealkylation sites (N-methyl/N-ethyl adjacent to an activating group) is 1. The number of carbonyl (C=O) groups excluding carboxylic acids is 1. The summed E-state index contributed by atoms with van der Waals surface area (Å²) < 4.78 is 4.87. The van der Waals surface area contributed by atoms with E-state index >= 15 is 0 Å². The van der Waals surface area contributed by atoms with Crippen LogP contribution in [0.4, 0.5) is 0 Å². The van der Waals surface area contributed by atoms with E-state index < -0.39 is 0 Å². The molecule has 0 saturated carbocycles. The van der Waals surface area contributed by atoms with Crippen LogP contribution in [0.25, 0.3) is 0 Å². The number of carbonyl (C=O) groups is 1. The molecule has 1 amide bonds. The van der Waals surface area contributed by atoms with Gasteiger partial charge in [0.05, 0.1) is 18.7 Å². The summed E-state index contributed by atoms with van der Waals surface area (Å²) in [5.74, 6) is -0.0520. The molecule has 0 aliphatic rings. The minimum absolute atomic E-state index is 0.0520. The van der Waals surface area contributed by atoms with Crippen molar-refractivity contribution in [2.75, 3.05) is 33.9 Å². The quantitative estimate of drug-likeness (QED) is 0.477. The Morgan fingerprint density at radius 1 is 1.67 bits per heavy atom. The second-order valence-electron chi connectivity index (χ2n) is 3.39. The van der Waals surface area contributed by atoms with Crippen LogP contribution < -0.4 is 5.32 Å². The number of methoxy groups -OCH3 is 1. The van der Waals surface area contributed by atoms with E-state index in [0.29, 0.717) is 13.2 Å². The highest BCUT2D eigenvalue weighted by atomic mass is 16.5. The van der Waals surface area contributed by atoms with Crippen molar-refractivity contribution in [3.63, 3.8) is 0 Å². The van der Waals surface area contributed by atoms with E-state index in [9.17, 15) is 4.79 Å².